The van der Waals surface area contributed by atoms with Gasteiger partial charge in [0.25, 0.3) is 0 Å². The fourth-order valence-electron chi connectivity index (χ4n) is 1.82. The van der Waals surface area contributed by atoms with Gasteiger partial charge in [0.05, 0.1) is 16.7 Å². The van der Waals surface area contributed by atoms with Crippen LogP contribution >= 0.6 is 23.2 Å². The van der Waals surface area contributed by atoms with E-state index in [0.29, 0.717) is 6.42 Å². The maximum absolute atomic E-state index is 12.2. The highest BCUT2D eigenvalue weighted by Gasteiger charge is 2.57. The van der Waals surface area contributed by atoms with Crippen LogP contribution in [0.3, 0.4) is 0 Å². The Bertz CT molecular complexity index is 525. The van der Waals surface area contributed by atoms with Gasteiger partial charge in [-0.3, -0.25) is 0 Å². The molecule has 1 aromatic rings. The molecule has 0 fully saturated rings. The lowest BCUT2D eigenvalue weighted by Crippen LogP contribution is -2.44. The van der Waals surface area contributed by atoms with Crippen molar-refractivity contribution in [1.82, 2.24) is 0 Å². The summed E-state index contributed by atoms with van der Waals surface area (Å²) < 4.78 is 82.6. The van der Waals surface area contributed by atoms with Gasteiger partial charge in [-0.25, -0.2) is 0 Å². The maximum atomic E-state index is 12.2. The Hall–Kier alpha value is -1.06. The summed E-state index contributed by atoms with van der Waals surface area (Å²) in [7, 11) is 0. The van der Waals surface area contributed by atoms with Gasteiger partial charge < -0.3 is 14.6 Å². The fourth-order valence-corrected chi connectivity index (χ4v) is 2.40. The lowest BCUT2D eigenvalue weighted by Gasteiger charge is -2.23. The van der Waals surface area contributed by atoms with E-state index in [2.05, 4.69) is 4.74 Å². The second-order valence-corrected chi connectivity index (χ2v) is 5.80. The first-order valence-electron chi connectivity index (χ1n) is 6.98. The number of ether oxygens (including phenoxy) is 2. The minimum atomic E-state index is -5.51. The largest absolute Gasteiger partial charge is 0.508 e. The summed E-state index contributed by atoms with van der Waals surface area (Å²) in [6.45, 7) is -0.601. The number of hydrogen-bond donors (Lipinski definition) is 1. The molecule has 0 aromatic heterocycles. The first-order chi connectivity index (χ1) is 11.4. The number of hydrogen-bond acceptors (Lipinski definition) is 3. The third-order valence-corrected chi connectivity index (χ3v) is 3.46. The molecule has 0 atom stereocenters. The normalized spacial score (nSPS) is 12.7. The number of rotatable bonds is 8. The molecule has 0 aliphatic carbocycles. The van der Waals surface area contributed by atoms with Crippen LogP contribution in [0.5, 0.6) is 11.5 Å². The number of benzene rings is 1. The Morgan fingerprint density at radius 1 is 0.880 bits per heavy atom. The summed E-state index contributed by atoms with van der Waals surface area (Å²) in [4.78, 5) is 0. The lowest BCUT2D eigenvalue weighted by molar-refractivity contribution is -0.321. The molecule has 25 heavy (non-hydrogen) atoms. The van der Waals surface area contributed by atoms with Gasteiger partial charge in [-0.1, -0.05) is 23.2 Å². The van der Waals surface area contributed by atoms with Crippen molar-refractivity contribution in [3.8, 4) is 11.5 Å². The standard InChI is InChI=1S/C14H14Cl2F6O3/c15-9-6-8(23)7-10(16)11(9)24-4-2-1-3-5-25-12(13(17,18)19)14(20,21)22/h6-7,12,23H,1-5H2. The number of aromatic hydroxyl groups is 1. The number of alkyl halides is 6. The van der Waals surface area contributed by atoms with Crippen molar-refractivity contribution in [3.63, 3.8) is 0 Å². The molecule has 0 amide bonds. The molecule has 0 radical (unpaired) electrons. The first-order valence-corrected chi connectivity index (χ1v) is 7.74. The van der Waals surface area contributed by atoms with E-state index in [9.17, 15) is 31.4 Å². The maximum Gasteiger partial charge on any atom is 0.423 e. The third-order valence-electron chi connectivity index (χ3n) is 2.90. The summed E-state index contributed by atoms with van der Waals surface area (Å²) in [5.74, 6) is -0.0185. The van der Waals surface area contributed by atoms with E-state index in [4.69, 9.17) is 27.9 Å². The van der Waals surface area contributed by atoms with E-state index >= 15 is 0 Å². The van der Waals surface area contributed by atoms with Crippen LogP contribution in [0, 0.1) is 0 Å². The minimum Gasteiger partial charge on any atom is -0.508 e. The fraction of sp³-hybridized carbons (Fsp3) is 0.571. The highest BCUT2D eigenvalue weighted by atomic mass is 35.5. The van der Waals surface area contributed by atoms with E-state index in [-0.39, 0.29) is 41.0 Å². The highest BCUT2D eigenvalue weighted by Crippen LogP contribution is 2.37. The van der Waals surface area contributed by atoms with Crippen molar-refractivity contribution >= 4 is 23.2 Å². The number of phenols is 1. The summed E-state index contributed by atoms with van der Waals surface area (Å²) in [6.07, 6.45) is -14.2. The van der Waals surface area contributed by atoms with E-state index in [0.717, 1.165) is 0 Å². The van der Waals surface area contributed by atoms with Gasteiger partial charge >= 0.3 is 12.4 Å². The van der Waals surface area contributed by atoms with Crippen LogP contribution in [0.4, 0.5) is 26.3 Å². The zero-order chi connectivity index (χ0) is 19.3. The van der Waals surface area contributed by atoms with Gasteiger partial charge in [0.1, 0.15) is 5.75 Å². The van der Waals surface area contributed by atoms with Crippen molar-refractivity contribution < 1.29 is 40.9 Å². The van der Waals surface area contributed by atoms with Crippen LogP contribution in [-0.4, -0.2) is 36.8 Å². The molecular formula is C14H14Cl2F6O3. The average Bonchev–Trinajstić information content (AvgIpc) is 2.40. The topological polar surface area (TPSA) is 38.7 Å². The Kier molecular flexibility index (Phi) is 7.95. The first kappa shape index (κ1) is 22.0. The Labute approximate surface area is 149 Å². The lowest BCUT2D eigenvalue weighted by atomic mass is 10.2. The molecule has 0 unspecified atom stereocenters. The van der Waals surface area contributed by atoms with E-state index in [1.807, 2.05) is 0 Å². The molecule has 3 nitrogen and oxygen atoms in total. The molecule has 0 aliphatic heterocycles. The molecule has 0 spiro atoms. The van der Waals surface area contributed by atoms with Crippen LogP contribution in [-0.2, 0) is 4.74 Å². The molecule has 0 aliphatic rings. The SMILES string of the molecule is Oc1cc(Cl)c(OCCCCCOC(C(F)(F)F)C(F)(F)F)c(Cl)c1. The number of unbranched alkanes of at least 4 members (excludes halogenated alkanes) is 2. The van der Waals surface area contributed by atoms with Crippen molar-refractivity contribution in [1.29, 1.82) is 0 Å². The molecule has 11 heteroatoms. The zero-order valence-corrected chi connectivity index (χ0v) is 14.1. The van der Waals surface area contributed by atoms with E-state index in [1.165, 1.54) is 12.1 Å². The molecule has 0 heterocycles. The second-order valence-electron chi connectivity index (χ2n) is 4.98. The molecule has 1 rings (SSSR count). The summed E-state index contributed by atoms with van der Waals surface area (Å²) in [5, 5.41) is 9.40. The van der Waals surface area contributed by atoms with Gasteiger partial charge in [-0.2, -0.15) is 26.3 Å². The summed E-state index contributed by atoms with van der Waals surface area (Å²) >= 11 is 11.6. The highest BCUT2D eigenvalue weighted by molar-refractivity contribution is 6.37. The van der Waals surface area contributed by atoms with Crippen LogP contribution in [0.15, 0.2) is 12.1 Å². The van der Waals surface area contributed by atoms with Gasteiger partial charge in [0, 0.05) is 18.7 Å². The van der Waals surface area contributed by atoms with Crippen molar-refractivity contribution in [2.75, 3.05) is 13.2 Å². The quantitative estimate of drug-likeness (QED) is 0.434. The molecule has 0 saturated carbocycles. The van der Waals surface area contributed by atoms with Crippen molar-refractivity contribution in [3.05, 3.63) is 22.2 Å². The van der Waals surface area contributed by atoms with Gasteiger partial charge in [-0.15, -0.1) is 0 Å². The second kappa shape index (κ2) is 9.05. The summed E-state index contributed by atoms with van der Waals surface area (Å²) in [5.41, 5.74) is 0. The predicted octanol–water partition coefficient (Wildman–Crippen LogP) is 5.76. The Balaban J connectivity index is 2.31. The van der Waals surface area contributed by atoms with Gasteiger partial charge in [-0.05, 0) is 19.3 Å². The van der Waals surface area contributed by atoms with Crippen LogP contribution in [0.2, 0.25) is 10.0 Å². The molecule has 1 aromatic carbocycles. The monoisotopic (exact) mass is 414 g/mol. The molecule has 144 valence electrons. The third kappa shape index (κ3) is 7.37. The van der Waals surface area contributed by atoms with Crippen LogP contribution in [0.25, 0.3) is 0 Å². The van der Waals surface area contributed by atoms with Gasteiger partial charge in [0.2, 0.25) is 6.10 Å². The Morgan fingerprint density at radius 3 is 1.84 bits per heavy atom. The molecule has 0 bridgehead atoms. The van der Waals surface area contributed by atoms with E-state index in [1.54, 1.807) is 0 Å². The van der Waals surface area contributed by atoms with E-state index < -0.39 is 25.1 Å². The predicted molar refractivity (Wildman–Crippen MR) is 79.3 cm³/mol. The van der Waals surface area contributed by atoms with Crippen molar-refractivity contribution in [2.45, 2.75) is 37.7 Å². The minimum absolute atomic E-state index is 0.0109. The molecule has 1 N–H and O–H groups in total. The molecular weight excluding hydrogens is 401 g/mol. The van der Waals surface area contributed by atoms with Crippen LogP contribution < -0.4 is 4.74 Å². The smallest absolute Gasteiger partial charge is 0.423 e. The Morgan fingerprint density at radius 2 is 1.36 bits per heavy atom. The average molecular weight is 415 g/mol. The van der Waals surface area contributed by atoms with Gasteiger partial charge in [0.15, 0.2) is 5.75 Å². The van der Waals surface area contributed by atoms with Crippen molar-refractivity contribution in [2.24, 2.45) is 0 Å². The number of phenolic OH excluding ortho intramolecular Hbond substituents is 1. The van der Waals surface area contributed by atoms with Crippen LogP contribution in [0.1, 0.15) is 19.3 Å². The zero-order valence-electron chi connectivity index (χ0n) is 12.6. The summed E-state index contributed by atoms with van der Waals surface area (Å²) in [6, 6.07) is 2.43. The number of halogens is 8. The molecule has 0 saturated heterocycles.